The molecule has 0 aliphatic rings. The summed E-state index contributed by atoms with van der Waals surface area (Å²) in [6.07, 6.45) is 0.368. The summed E-state index contributed by atoms with van der Waals surface area (Å²) in [5, 5.41) is 0.610. The molecule has 20 heavy (non-hydrogen) atoms. The first kappa shape index (κ1) is 14.6. The molecule has 2 aromatic rings. The fraction of sp³-hybridized carbons (Fsp3) is 0.188. The minimum atomic E-state index is -0.710. The van der Waals surface area contributed by atoms with Crippen molar-refractivity contribution in [3.05, 3.63) is 70.7 Å². The summed E-state index contributed by atoms with van der Waals surface area (Å²) in [6, 6.07) is 16.1. The lowest BCUT2D eigenvalue weighted by Gasteiger charge is -2.12. The molecule has 2 N–H and O–H groups in total. The van der Waals surface area contributed by atoms with Crippen LogP contribution < -0.4 is 5.73 Å². The molecule has 0 spiro atoms. The van der Waals surface area contributed by atoms with Gasteiger partial charge in [0.1, 0.15) is 12.6 Å². The molecule has 0 amide bonds. The quantitative estimate of drug-likeness (QED) is 0.861. The molecule has 0 aliphatic heterocycles. The Morgan fingerprint density at radius 2 is 1.75 bits per heavy atom. The van der Waals surface area contributed by atoms with Gasteiger partial charge in [0.15, 0.2) is 0 Å². The predicted molar refractivity (Wildman–Crippen MR) is 79.4 cm³/mol. The fourth-order valence-electron chi connectivity index (χ4n) is 1.82. The molecule has 0 fully saturated rings. The van der Waals surface area contributed by atoms with Crippen LogP contribution in [0.1, 0.15) is 11.1 Å². The summed E-state index contributed by atoms with van der Waals surface area (Å²) in [7, 11) is 0. The molecular weight excluding hydrogens is 274 g/mol. The van der Waals surface area contributed by atoms with E-state index < -0.39 is 12.0 Å². The van der Waals surface area contributed by atoms with E-state index in [0.29, 0.717) is 11.4 Å². The summed E-state index contributed by atoms with van der Waals surface area (Å²) >= 11 is 6.04. The second-order valence-electron chi connectivity index (χ2n) is 4.50. The van der Waals surface area contributed by atoms with E-state index in [1.807, 2.05) is 48.5 Å². The highest BCUT2D eigenvalue weighted by molar-refractivity contribution is 6.31. The summed E-state index contributed by atoms with van der Waals surface area (Å²) < 4.78 is 5.19. The monoisotopic (exact) mass is 289 g/mol. The Hall–Kier alpha value is -1.84. The molecule has 3 nitrogen and oxygen atoms in total. The number of esters is 1. The zero-order chi connectivity index (χ0) is 14.4. The van der Waals surface area contributed by atoms with E-state index in [1.165, 1.54) is 0 Å². The van der Waals surface area contributed by atoms with Crippen molar-refractivity contribution in [3.63, 3.8) is 0 Å². The molecule has 0 radical (unpaired) electrons. The maximum absolute atomic E-state index is 11.8. The predicted octanol–water partition coefficient (Wildman–Crippen LogP) is 2.95. The molecule has 0 unspecified atom stereocenters. The molecule has 0 heterocycles. The van der Waals surface area contributed by atoms with Crippen LogP contribution in [-0.2, 0) is 22.6 Å². The average molecular weight is 290 g/mol. The first-order chi connectivity index (χ1) is 9.66. The second kappa shape index (κ2) is 7.08. The van der Waals surface area contributed by atoms with E-state index in [1.54, 1.807) is 6.07 Å². The van der Waals surface area contributed by atoms with E-state index in [4.69, 9.17) is 22.1 Å². The third-order valence-electron chi connectivity index (χ3n) is 2.92. The zero-order valence-electron chi connectivity index (χ0n) is 11.0. The van der Waals surface area contributed by atoms with Gasteiger partial charge in [0, 0.05) is 5.02 Å². The standard InChI is InChI=1S/C16H16ClNO2/c17-14-9-5-4-8-13(14)10-15(18)16(19)20-11-12-6-2-1-3-7-12/h1-9,15H,10-11,18H2/t15-/m0/s1. The number of carbonyl (C=O) groups excluding carboxylic acids is 1. The van der Waals surface area contributed by atoms with Gasteiger partial charge in [0.2, 0.25) is 0 Å². The second-order valence-corrected chi connectivity index (χ2v) is 4.90. The van der Waals surface area contributed by atoms with Crippen LogP contribution in [0.2, 0.25) is 5.02 Å². The number of benzene rings is 2. The van der Waals surface area contributed by atoms with Crippen molar-refractivity contribution >= 4 is 17.6 Å². The van der Waals surface area contributed by atoms with Crippen LogP contribution in [0.25, 0.3) is 0 Å². The molecule has 1 atom stereocenters. The molecule has 104 valence electrons. The molecule has 0 saturated carbocycles. The summed E-state index contributed by atoms with van der Waals surface area (Å²) in [6.45, 7) is 0.232. The number of hydrogen-bond acceptors (Lipinski definition) is 3. The highest BCUT2D eigenvalue weighted by atomic mass is 35.5. The van der Waals surface area contributed by atoms with Crippen molar-refractivity contribution in [3.8, 4) is 0 Å². The van der Waals surface area contributed by atoms with Crippen LogP contribution in [0.15, 0.2) is 54.6 Å². The van der Waals surface area contributed by atoms with Crippen molar-refractivity contribution in [2.24, 2.45) is 5.73 Å². The van der Waals surface area contributed by atoms with Crippen molar-refractivity contribution in [2.75, 3.05) is 0 Å². The van der Waals surface area contributed by atoms with Gasteiger partial charge in [-0.25, -0.2) is 0 Å². The Labute approximate surface area is 123 Å². The number of halogens is 1. The Morgan fingerprint density at radius 1 is 1.10 bits per heavy atom. The lowest BCUT2D eigenvalue weighted by atomic mass is 10.1. The van der Waals surface area contributed by atoms with Crippen LogP contribution in [0.5, 0.6) is 0 Å². The Bertz CT molecular complexity index is 572. The van der Waals surface area contributed by atoms with Gasteiger partial charge in [-0.05, 0) is 23.6 Å². The Kier molecular flexibility index (Phi) is 5.16. The van der Waals surface area contributed by atoms with Gasteiger partial charge in [0.25, 0.3) is 0 Å². The molecule has 4 heteroatoms. The summed E-state index contributed by atoms with van der Waals surface area (Å²) in [5.41, 5.74) is 7.63. The lowest BCUT2D eigenvalue weighted by molar-refractivity contribution is -0.146. The highest BCUT2D eigenvalue weighted by Gasteiger charge is 2.16. The maximum atomic E-state index is 11.8. The van der Waals surface area contributed by atoms with Crippen LogP contribution in [0.3, 0.4) is 0 Å². The Morgan fingerprint density at radius 3 is 2.45 bits per heavy atom. The smallest absolute Gasteiger partial charge is 0.323 e. The molecule has 2 rings (SSSR count). The summed E-state index contributed by atoms with van der Waals surface area (Å²) in [5.74, 6) is -0.422. The van der Waals surface area contributed by atoms with E-state index in [-0.39, 0.29) is 6.61 Å². The van der Waals surface area contributed by atoms with E-state index >= 15 is 0 Å². The highest BCUT2D eigenvalue weighted by Crippen LogP contribution is 2.16. The van der Waals surface area contributed by atoms with Gasteiger partial charge in [-0.1, -0.05) is 60.1 Å². The van der Waals surface area contributed by atoms with Crippen LogP contribution in [0.4, 0.5) is 0 Å². The SMILES string of the molecule is N[C@@H](Cc1ccccc1Cl)C(=O)OCc1ccccc1. The fourth-order valence-corrected chi connectivity index (χ4v) is 2.03. The summed E-state index contributed by atoms with van der Waals surface area (Å²) in [4.78, 5) is 11.8. The van der Waals surface area contributed by atoms with E-state index in [0.717, 1.165) is 11.1 Å². The number of nitrogens with two attached hydrogens (primary N) is 1. The van der Waals surface area contributed by atoms with Gasteiger partial charge in [-0.15, -0.1) is 0 Å². The number of hydrogen-bond donors (Lipinski definition) is 1. The minimum absolute atomic E-state index is 0.232. The van der Waals surface area contributed by atoms with E-state index in [9.17, 15) is 4.79 Å². The maximum Gasteiger partial charge on any atom is 0.323 e. The minimum Gasteiger partial charge on any atom is -0.460 e. The normalized spacial score (nSPS) is 11.9. The Balaban J connectivity index is 1.88. The molecule has 0 bridgehead atoms. The zero-order valence-corrected chi connectivity index (χ0v) is 11.7. The third-order valence-corrected chi connectivity index (χ3v) is 3.29. The first-order valence-corrected chi connectivity index (χ1v) is 6.74. The van der Waals surface area contributed by atoms with Gasteiger partial charge in [0.05, 0.1) is 0 Å². The van der Waals surface area contributed by atoms with Crippen LogP contribution in [-0.4, -0.2) is 12.0 Å². The first-order valence-electron chi connectivity index (χ1n) is 6.36. The van der Waals surface area contributed by atoms with E-state index in [2.05, 4.69) is 0 Å². The average Bonchev–Trinajstić information content (AvgIpc) is 2.48. The largest absolute Gasteiger partial charge is 0.460 e. The molecule has 2 aromatic carbocycles. The number of rotatable bonds is 5. The molecule has 0 saturated heterocycles. The lowest BCUT2D eigenvalue weighted by Crippen LogP contribution is -2.34. The van der Waals surface area contributed by atoms with Crippen molar-refractivity contribution in [2.45, 2.75) is 19.1 Å². The van der Waals surface area contributed by atoms with Crippen LogP contribution in [0, 0.1) is 0 Å². The number of ether oxygens (including phenoxy) is 1. The van der Waals surface area contributed by atoms with Gasteiger partial charge in [-0.2, -0.15) is 0 Å². The molecule has 0 aromatic heterocycles. The topological polar surface area (TPSA) is 52.3 Å². The van der Waals surface area contributed by atoms with Gasteiger partial charge < -0.3 is 10.5 Å². The van der Waals surface area contributed by atoms with Gasteiger partial charge >= 0.3 is 5.97 Å². The molecular formula is C16H16ClNO2. The van der Waals surface area contributed by atoms with Gasteiger partial charge in [-0.3, -0.25) is 4.79 Å². The van der Waals surface area contributed by atoms with Crippen molar-refractivity contribution in [1.29, 1.82) is 0 Å². The molecule has 0 aliphatic carbocycles. The third kappa shape index (κ3) is 4.08. The van der Waals surface area contributed by atoms with Crippen LogP contribution >= 0.6 is 11.6 Å². The number of carbonyl (C=O) groups is 1. The van der Waals surface area contributed by atoms with Crippen molar-refractivity contribution in [1.82, 2.24) is 0 Å². The van der Waals surface area contributed by atoms with Crippen molar-refractivity contribution < 1.29 is 9.53 Å².